The maximum Gasteiger partial charge on any atom is 0.223 e. The molecule has 3 rings (SSSR count). The van der Waals surface area contributed by atoms with E-state index in [1.165, 1.54) is 12.0 Å². The Labute approximate surface area is 169 Å². The molecule has 2 aromatic rings. The molecule has 1 aliphatic rings. The van der Waals surface area contributed by atoms with Gasteiger partial charge in [0.2, 0.25) is 5.88 Å². The van der Waals surface area contributed by atoms with Gasteiger partial charge in [-0.1, -0.05) is 44.2 Å². The number of ether oxygens (including phenoxy) is 1. The molecule has 1 aromatic heterocycles. The molecule has 0 amide bonds. The zero-order valence-electron chi connectivity index (χ0n) is 17.9. The summed E-state index contributed by atoms with van der Waals surface area (Å²) in [4.78, 5) is 11.5. The van der Waals surface area contributed by atoms with Crippen molar-refractivity contribution < 1.29 is 4.74 Å². The number of nitrogens with zero attached hydrogens (tertiary/aromatic N) is 3. The van der Waals surface area contributed by atoms with Gasteiger partial charge in [-0.05, 0) is 58.8 Å². The SMILES string of the molecule is CCN(CC)CCC[C@H](C)Nc1ncnc2c1[C@@H](c1ccccc1)C(C)(C)O2. The summed E-state index contributed by atoms with van der Waals surface area (Å²) in [6, 6.07) is 10.9. The van der Waals surface area contributed by atoms with Crippen molar-refractivity contribution in [3.8, 4) is 5.88 Å². The van der Waals surface area contributed by atoms with E-state index in [2.05, 4.69) is 79.1 Å². The maximum absolute atomic E-state index is 6.23. The fraction of sp³-hybridized carbons (Fsp3) is 0.565. The predicted molar refractivity (Wildman–Crippen MR) is 115 cm³/mol. The van der Waals surface area contributed by atoms with Gasteiger partial charge in [0.05, 0.1) is 11.5 Å². The molecule has 5 heteroatoms. The standard InChI is InChI=1S/C23H34N4O/c1-6-27(7-2)15-11-12-17(3)26-21-19-20(18-13-9-8-10-14-18)23(4,5)28-22(19)25-16-24-21/h8-10,13-14,16-17,20H,6-7,11-12,15H2,1-5H3,(H,24,25,26)/t17-,20+/m0/s1. The third-order valence-corrected chi connectivity index (χ3v) is 5.71. The van der Waals surface area contributed by atoms with Crippen LogP contribution in [0.15, 0.2) is 36.7 Å². The molecule has 0 spiro atoms. The number of benzene rings is 1. The van der Waals surface area contributed by atoms with E-state index >= 15 is 0 Å². The average Bonchev–Trinajstić information content (AvgIpc) is 2.96. The highest BCUT2D eigenvalue weighted by Crippen LogP contribution is 2.49. The second-order valence-corrected chi connectivity index (χ2v) is 8.20. The fourth-order valence-corrected chi connectivity index (χ4v) is 4.17. The zero-order chi connectivity index (χ0) is 20.1. The van der Waals surface area contributed by atoms with Crippen LogP contribution in [0.25, 0.3) is 0 Å². The van der Waals surface area contributed by atoms with E-state index < -0.39 is 0 Å². The normalized spacial score (nSPS) is 18.6. The number of rotatable bonds is 9. The first kappa shape index (κ1) is 20.6. The van der Waals surface area contributed by atoms with Crippen LogP contribution in [0.1, 0.15) is 64.5 Å². The second kappa shape index (κ2) is 8.91. The van der Waals surface area contributed by atoms with E-state index in [0.717, 1.165) is 37.4 Å². The summed E-state index contributed by atoms with van der Waals surface area (Å²) < 4.78 is 6.23. The topological polar surface area (TPSA) is 50.3 Å². The van der Waals surface area contributed by atoms with Crippen LogP contribution < -0.4 is 10.1 Å². The maximum atomic E-state index is 6.23. The zero-order valence-corrected chi connectivity index (χ0v) is 17.9. The highest BCUT2D eigenvalue weighted by Gasteiger charge is 2.45. The Morgan fingerprint density at radius 3 is 2.54 bits per heavy atom. The molecule has 0 saturated heterocycles. The lowest BCUT2D eigenvalue weighted by Gasteiger charge is -2.27. The van der Waals surface area contributed by atoms with Crippen molar-refractivity contribution in [2.45, 2.75) is 65.0 Å². The predicted octanol–water partition coefficient (Wildman–Crippen LogP) is 4.70. The molecule has 5 nitrogen and oxygen atoms in total. The van der Waals surface area contributed by atoms with Gasteiger partial charge in [-0.25, -0.2) is 9.97 Å². The number of hydrogen-bond acceptors (Lipinski definition) is 5. The molecule has 0 radical (unpaired) electrons. The van der Waals surface area contributed by atoms with Gasteiger partial charge < -0.3 is 15.0 Å². The molecule has 152 valence electrons. The number of fused-ring (bicyclic) bond motifs is 1. The van der Waals surface area contributed by atoms with E-state index in [1.807, 2.05) is 6.07 Å². The second-order valence-electron chi connectivity index (χ2n) is 8.20. The van der Waals surface area contributed by atoms with Crippen LogP contribution in [0, 0.1) is 0 Å². The van der Waals surface area contributed by atoms with Crippen LogP contribution in [0.2, 0.25) is 0 Å². The molecular formula is C23H34N4O. The highest BCUT2D eigenvalue weighted by molar-refractivity contribution is 5.58. The number of hydrogen-bond donors (Lipinski definition) is 1. The minimum absolute atomic E-state index is 0.107. The van der Waals surface area contributed by atoms with Crippen LogP contribution in [0.3, 0.4) is 0 Å². The first-order valence-corrected chi connectivity index (χ1v) is 10.5. The minimum Gasteiger partial charge on any atom is -0.470 e. The number of nitrogens with one attached hydrogen (secondary N) is 1. The van der Waals surface area contributed by atoms with Gasteiger partial charge in [-0.15, -0.1) is 0 Å². The fourth-order valence-electron chi connectivity index (χ4n) is 4.17. The third-order valence-electron chi connectivity index (χ3n) is 5.71. The van der Waals surface area contributed by atoms with Gasteiger partial charge in [0, 0.05) is 6.04 Å². The molecular weight excluding hydrogens is 348 g/mol. The van der Waals surface area contributed by atoms with Crippen molar-refractivity contribution >= 4 is 5.82 Å². The molecule has 28 heavy (non-hydrogen) atoms. The van der Waals surface area contributed by atoms with Crippen LogP contribution in [0.5, 0.6) is 5.88 Å². The van der Waals surface area contributed by atoms with Crippen LogP contribution in [-0.4, -0.2) is 46.1 Å². The van der Waals surface area contributed by atoms with Gasteiger partial charge in [0.1, 0.15) is 17.7 Å². The van der Waals surface area contributed by atoms with Gasteiger partial charge in [-0.2, -0.15) is 0 Å². The van der Waals surface area contributed by atoms with Crippen molar-refractivity contribution in [1.82, 2.24) is 14.9 Å². The van der Waals surface area contributed by atoms with Crippen LogP contribution in [0.4, 0.5) is 5.82 Å². The van der Waals surface area contributed by atoms with Crippen molar-refractivity contribution in [3.05, 3.63) is 47.8 Å². The van der Waals surface area contributed by atoms with Crippen molar-refractivity contribution in [2.24, 2.45) is 0 Å². The number of anilines is 1. The summed E-state index contributed by atoms with van der Waals surface area (Å²) in [5, 5.41) is 3.64. The van der Waals surface area contributed by atoms with Crippen molar-refractivity contribution in [1.29, 1.82) is 0 Å². The molecule has 0 bridgehead atoms. The van der Waals surface area contributed by atoms with E-state index in [-0.39, 0.29) is 11.5 Å². The molecule has 2 atom stereocenters. The Balaban J connectivity index is 1.77. The Morgan fingerprint density at radius 1 is 1.14 bits per heavy atom. The first-order chi connectivity index (χ1) is 13.5. The average molecular weight is 383 g/mol. The molecule has 0 unspecified atom stereocenters. The van der Waals surface area contributed by atoms with E-state index in [9.17, 15) is 0 Å². The monoisotopic (exact) mass is 382 g/mol. The molecule has 0 fully saturated rings. The van der Waals surface area contributed by atoms with Gasteiger partial charge in [0.15, 0.2) is 0 Å². The Hall–Kier alpha value is -2.14. The lowest BCUT2D eigenvalue weighted by molar-refractivity contribution is 0.117. The van der Waals surface area contributed by atoms with E-state index in [4.69, 9.17) is 4.74 Å². The Morgan fingerprint density at radius 2 is 1.86 bits per heavy atom. The summed E-state index contributed by atoms with van der Waals surface area (Å²) in [5.74, 6) is 1.71. The van der Waals surface area contributed by atoms with Crippen LogP contribution in [-0.2, 0) is 0 Å². The molecule has 1 N–H and O–H groups in total. The van der Waals surface area contributed by atoms with E-state index in [0.29, 0.717) is 11.9 Å². The number of aromatic nitrogens is 2. The third kappa shape index (κ3) is 4.46. The molecule has 1 aliphatic heterocycles. The first-order valence-electron chi connectivity index (χ1n) is 10.5. The Kier molecular flexibility index (Phi) is 6.55. The molecule has 0 aliphatic carbocycles. The van der Waals surface area contributed by atoms with Crippen molar-refractivity contribution in [2.75, 3.05) is 25.0 Å². The minimum atomic E-state index is -0.359. The summed E-state index contributed by atoms with van der Waals surface area (Å²) in [7, 11) is 0. The summed E-state index contributed by atoms with van der Waals surface area (Å²) in [6.07, 6.45) is 3.88. The lowest BCUT2D eigenvalue weighted by Crippen LogP contribution is -2.31. The lowest BCUT2D eigenvalue weighted by atomic mass is 9.81. The summed E-state index contributed by atoms with van der Waals surface area (Å²) in [6.45, 7) is 14.3. The highest BCUT2D eigenvalue weighted by atomic mass is 16.5. The summed E-state index contributed by atoms with van der Waals surface area (Å²) >= 11 is 0. The quantitative estimate of drug-likeness (QED) is 0.681. The molecule has 1 aromatic carbocycles. The largest absolute Gasteiger partial charge is 0.470 e. The van der Waals surface area contributed by atoms with Gasteiger partial charge in [-0.3, -0.25) is 0 Å². The van der Waals surface area contributed by atoms with Gasteiger partial charge in [0.25, 0.3) is 0 Å². The van der Waals surface area contributed by atoms with Crippen LogP contribution >= 0.6 is 0 Å². The molecule has 0 saturated carbocycles. The summed E-state index contributed by atoms with van der Waals surface area (Å²) in [5.41, 5.74) is 1.95. The van der Waals surface area contributed by atoms with E-state index in [1.54, 1.807) is 6.33 Å². The van der Waals surface area contributed by atoms with Crippen molar-refractivity contribution in [3.63, 3.8) is 0 Å². The smallest absolute Gasteiger partial charge is 0.223 e. The Bertz CT molecular complexity index is 758. The molecule has 2 heterocycles. The van der Waals surface area contributed by atoms with Gasteiger partial charge >= 0.3 is 0 Å².